The fourth-order valence-electron chi connectivity index (χ4n) is 5.95. The summed E-state index contributed by atoms with van der Waals surface area (Å²) in [7, 11) is 0. The molecular formula is C29H31FN8. The molecule has 2 N–H and O–H groups in total. The maximum atomic E-state index is 15.3. The number of benzene rings is 1. The molecule has 4 aromatic heterocycles. The van der Waals surface area contributed by atoms with Crippen LogP contribution in [-0.2, 0) is 6.54 Å². The summed E-state index contributed by atoms with van der Waals surface area (Å²) >= 11 is 0. The lowest BCUT2D eigenvalue weighted by atomic mass is 10.0. The molecule has 0 radical (unpaired) electrons. The monoisotopic (exact) mass is 510 g/mol. The molecule has 0 bridgehead atoms. The predicted octanol–water partition coefficient (Wildman–Crippen LogP) is 5.68. The molecular weight excluding hydrogens is 479 g/mol. The fraction of sp³-hybridized carbons (Fsp3) is 0.379. The van der Waals surface area contributed by atoms with Gasteiger partial charge in [0.1, 0.15) is 17.0 Å². The largest absolute Gasteiger partial charge is 0.370 e. The summed E-state index contributed by atoms with van der Waals surface area (Å²) in [5, 5.41) is 8.32. The van der Waals surface area contributed by atoms with Crippen LogP contribution in [0.15, 0.2) is 42.9 Å². The second-order valence-corrected chi connectivity index (χ2v) is 10.5. The number of fused-ring (bicyclic) bond motifs is 2. The molecule has 0 saturated carbocycles. The number of piperidine rings is 2. The van der Waals surface area contributed by atoms with Crippen LogP contribution in [-0.4, -0.2) is 61.2 Å². The van der Waals surface area contributed by atoms with E-state index in [1.807, 2.05) is 18.5 Å². The van der Waals surface area contributed by atoms with E-state index in [0.29, 0.717) is 28.2 Å². The Balaban J connectivity index is 1.26. The van der Waals surface area contributed by atoms with E-state index < -0.39 is 0 Å². The van der Waals surface area contributed by atoms with E-state index in [4.69, 9.17) is 4.98 Å². The molecule has 0 unspecified atom stereocenters. The lowest BCUT2D eigenvalue weighted by Gasteiger charge is -2.28. The van der Waals surface area contributed by atoms with Crippen LogP contribution in [0.25, 0.3) is 44.7 Å². The molecule has 8 nitrogen and oxygen atoms in total. The van der Waals surface area contributed by atoms with Crippen molar-refractivity contribution in [2.24, 2.45) is 0 Å². The fourth-order valence-corrected chi connectivity index (χ4v) is 5.95. The number of anilines is 1. The zero-order valence-electron chi connectivity index (χ0n) is 21.4. The molecule has 1 aromatic carbocycles. The highest BCUT2D eigenvalue weighted by molar-refractivity contribution is 5.97. The van der Waals surface area contributed by atoms with Crippen molar-refractivity contribution in [1.29, 1.82) is 0 Å². The van der Waals surface area contributed by atoms with Crippen LogP contribution in [0.2, 0.25) is 0 Å². The summed E-state index contributed by atoms with van der Waals surface area (Å²) < 4.78 is 15.3. The van der Waals surface area contributed by atoms with Gasteiger partial charge >= 0.3 is 0 Å². The normalized spacial score (nSPS) is 17.0. The number of nitrogens with one attached hydrogen (secondary N) is 2. The third-order valence-corrected chi connectivity index (χ3v) is 7.90. The summed E-state index contributed by atoms with van der Waals surface area (Å²) in [6.45, 7) is 5.12. The third kappa shape index (κ3) is 4.30. The minimum absolute atomic E-state index is 0.303. The Morgan fingerprint density at radius 2 is 1.74 bits per heavy atom. The standard InChI is InChI=1S/C29H31FN8/c30-23-15-24-22(14-21(23)20-13-19(16-31-17-20)18-37-9-3-1-4-10-37)26(36-35-24)29-33-27-25(7-8-32-28(27)34-29)38-11-5-2-6-12-38/h7-8,13-17H,1-6,9-12,18H2,(H,35,36)(H,32,33,34). The molecule has 2 saturated heterocycles. The van der Waals surface area contributed by atoms with Crippen LogP contribution in [0, 0.1) is 5.82 Å². The maximum Gasteiger partial charge on any atom is 0.180 e. The van der Waals surface area contributed by atoms with Gasteiger partial charge in [0.15, 0.2) is 11.5 Å². The minimum Gasteiger partial charge on any atom is -0.370 e. The number of likely N-dealkylation sites (tertiary alicyclic amines) is 1. The van der Waals surface area contributed by atoms with E-state index in [1.54, 1.807) is 6.20 Å². The number of H-pyrrole nitrogens is 2. The smallest absolute Gasteiger partial charge is 0.180 e. The Morgan fingerprint density at radius 3 is 2.58 bits per heavy atom. The van der Waals surface area contributed by atoms with Crippen molar-refractivity contribution in [3.63, 3.8) is 0 Å². The Kier molecular flexibility index (Phi) is 6.00. The maximum absolute atomic E-state index is 15.3. The number of rotatable bonds is 5. The molecule has 5 aromatic rings. The molecule has 2 aliphatic rings. The zero-order valence-corrected chi connectivity index (χ0v) is 21.4. The molecule has 0 atom stereocenters. The Labute approximate surface area is 220 Å². The average Bonchev–Trinajstić information content (AvgIpc) is 3.57. The van der Waals surface area contributed by atoms with Gasteiger partial charge in [0, 0.05) is 60.8 Å². The third-order valence-electron chi connectivity index (χ3n) is 7.90. The number of nitrogens with zero attached hydrogens (tertiary/aromatic N) is 6. The highest BCUT2D eigenvalue weighted by Gasteiger charge is 2.20. The molecule has 38 heavy (non-hydrogen) atoms. The Bertz CT molecular complexity index is 1590. The van der Waals surface area contributed by atoms with Crippen LogP contribution in [0.5, 0.6) is 0 Å². The Morgan fingerprint density at radius 1 is 0.921 bits per heavy atom. The highest BCUT2D eigenvalue weighted by Crippen LogP contribution is 2.34. The van der Waals surface area contributed by atoms with Crippen molar-refractivity contribution in [3.8, 4) is 22.6 Å². The van der Waals surface area contributed by atoms with E-state index in [-0.39, 0.29) is 5.82 Å². The summed E-state index contributed by atoms with van der Waals surface area (Å²) in [6.07, 6.45) is 12.9. The van der Waals surface area contributed by atoms with Gasteiger partial charge in [-0.2, -0.15) is 5.10 Å². The van der Waals surface area contributed by atoms with Gasteiger partial charge in [0.05, 0.1) is 11.2 Å². The number of hydrogen-bond donors (Lipinski definition) is 2. The molecule has 2 aliphatic heterocycles. The van der Waals surface area contributed by atoms with Crippen LogP contribution in [0.3, 0.4) is 0 Å². The number of aromatic nitrogens is 6. The first kappa shape index (κ1) is 23.3. The van der Waals surface area contributed by atoms with Gasteiger partial charge in [-0.3, -0.25) is 15.0 Å². The van der Waals surface area contributed by atoms with E-state index in [2.05, 4.69) is 47.1 Å². The minimum atomic E-state index is -0.303. The number of halogens is 1. The number of hydrogen-bond acceptors (Lipinski definition) is 6. The molecule has 194 valence electrons. The van der Waals surface area contributed by atoms with E-state index in [9.17, 15) is 0 Å². The van der Waals surface area contributed by atoms with Crippen molar-refractivity contribution in [2.75, 3.05) is 31.1 Å². The topological polar surface area (TPSA) is 89.6 Å². The van der Waals surface area contributed by atoms with Crippen LogP contribution < -0.4 is 4.90 Å². The lowest BCUT2D eigenvalue weighted by molar-refractivity contribution is 0.220. The summed E-state index contributed by atoms with van der Waals surface area (Å²) in [6, 6.07) is 7.48. The Hall–Kier alpha value is -3.85. The number of aromatic amines is 2. The first-order chi connectivity index (χ1) is 18.7. The number of pyridine rings is 2. The molecule has 9 heteroatoms. The highest BCUT2D eigenvalue weighted by atomic mass is 19.1. The molecule has 7 rings (SSSR count). The van der Waals surface area contributed by atoms with Crippen molar-refractivity contribution in [3.05, 3.63) is 54.2 Å². The molecule has 2 fully saturated rings. The van der Waals surface area contributed by atoms with Gasteiger partial charge in [-0.15, -0.1) is 0 Å². The van der Waals surface area contributed by atoms with Crippen molar-refractivity contribution >= 4 is 27.8 Å². The molecule has 0 spiro atoms. The van der Waals surface area contributed by atoms with Gasteiger partial charge in [-0.1, -0.05) is 6.42 Å². The van der Waals surface area contributed by atoms with Crippen molar-refractivity contribution in [1.82, 2.24) is 35.0 Å². The van der Waals surface area contributed by atoms with Gasteiger partial charge in [0.25, 0.3) is 0 Å². The van der Waals surface area contributed by atoms with Crippen molar-refractivity contribution in [2.45, 2.75) is 45.1 Å². The van der Waals surface area contributed by atoms with Crippen LogP contribution in [0.1, 0.15) is 44.1 Å². The second-order valence-electron chi connectivity index (χ2n) is 10.5. The molecule has 0 aliphatic carbocycles. The van der Waals surface area contributed by atoms with Crippen LogP contribution >= 0.6 is 0 Å². The lowest BCUT2D eigenvalue weighted by Crippen LogP contribution is -2.29. The SMILES string of the molecule is Fc1cc2[nH]nc(-c3nc4nccc(N5CCCCC5)c4[nH]3)c2cc1-c1cncc(CN2CCCCC2)c1. The van der Waals surface area contributed by atoms with E-state index in [1.165, 1.54) is 44.6 Å². The number of imidazole rings is 1. The average molecular weight is 511 g/mol. The quantitative estimate of drug-likeness (QED) is 0.316. The second kappa shape index (κ2) is 9.79. The molecule has 0 amide bonds. The van der Waals surface area contributed by atoms with Gasteiger partial charge in [-0.25, -0.2) is 14.4 Å². The van der Waals surface area contributed by atoms with Gasteiger partial charge in [0.2, 0.25) is 0 Å². The van der Waals surface area contributed by atoms with E-state index in [0.717, 1.165) is 60.4 Å². The van der Waals surface area contributed by atoms with Gasteiger partial charge in [-0.05, 0) is 69.0 Å². The zero-order chi connectivity index (χ0) is 25.5. The van der Waals surface area contributed by atoms with Crippen molar-refractivity contribution < 1.29 is 4.39 Å². The first-order valence-corrected chi connectivity index (χ1v) is 13.7. The van der Waals surface area contributed by atoms with Crippen LogP contribution in [0.4, 0.5) is 10.1 Å². The van der Waals surface area contributed by atoms with Gasteiger partial charge < -0.3 is 9.88 Å². The first-order valence-electron chi connectivity index (χ1n) is 13.7. The van der Waals surface area contributed by atoms with E-state index >= 15 is 4.39 Å². The summed E-state index contributed by atoms with van der Waals surface area (Å²) in [5.74, 6) is 0.320. The summed E-state index contributed by atoms with van der Waals surface area (Å²) in [5.41, 5.74) is 6.36. The molecule has 6 heterocycles. The summed E-state index contributed by atoms with van der Waals surface area (Å²) in [4.78, 5) is 22.1. The predicted molar refractivity (Wildman–Crippen MR) is 147 cm³/mol.